The molecule has 0 aliphatic carbocycles. The Morgan fingerprint density at radius 2 is 1.88 bits per heavy atom. The summed E-state index contributed by atoms with van der Waals surface area (Å²) < 4.78 is 6.66. The predicted octanol–water partition coefficient (Wildman–Crippen LogP) is 3.23. The fourth-order valence-electron chi connectivity index (χ4n) is 2.75. The summed E-state index contributed by atoms with van der Waals surface area (Å²) in [5, 5.41) is 3.84. The number of nitrogens with one attached hydrogen (secondary N) is 1. The van der Waals surface area contributed by atoms with Crippen LogP contribution < -0.4 is 5.32 Å². The Morgan fingerprint density at radius 1 is 1.15 bits per heavy atom. The lowest BCUT2D eigenvalue weighted by Gasteiger charge is -2.25. The van der Waals surface area contributed by atoms with Crippen LogP contribution in [0.3, 0.4) is 0 Å². The normalized spacial score (nSPS) is 12.4. The first-order valence-corrected chi connectivity index (χ1v) is 9.35. The molecule has 1 N–H and O–H groups in total. The molecule has 1 unspecified atom stereocenters. The van der Waals surface area contributed by atoms with E-state index in [0.717, 1.165) is 15.2 Å². The monoisotopic (exact) mass is 369 g/mol. The molecule has 0 radical (unpaired) electrons. The van der Waals surface area contributed by atoms with Crippen LogP contribution in [0.4, 0.5) is 0 Å². The van der Waals surface area contributed by atoms with Crippen molar-refractivity contribution < 1.29 is 9.53 Å². The Hall–Kier alpha value is -2.28. The lowest BCUT2D eigenvalue weighted by molar-refractivity contribution is -0.126. The van der Waals surface area contributed by atoms with E-state index in [2.05, 4.69) is 27.3 Å². The highest BCUT2D eigenvalue weighted by atomic mass is 32.1. The van der Waals surface area contributed by atoms with E-state index < -0.39 is 0 Å². The van der Waals surface area contributed by atoms with Gasteiger partial charge in [-0.05, 0) is 31.8 Å². The third-order valence-corrected chi connectivity index (χ3v) is 5.11. The number of carbonyl (C=O) groups is 1. The second kappa shape index (κ2) is 8.89. The number of amides is 1. The van der Waals surface area contributed by atoms with Gasteiger partial charge in [0.1, 0.15) is 11.6 Å². The van der Waals surface area contributed by atoms with Crippen molar-refractivity contribution in [3.63, 3.8) is 0 Å². The minimum atomic E-state index is -0.117. The van der Waals surface area contributed by atoms with Crippen LogP contribution in [0.25, 0.3) is 10.2 Å². The van der Waals surface area contributed by atoms with Gasteiger partial charge in [0.2, 0.25) is 5.91 Å². The third kappa shape index (κ3) is 4.88. The van der Waals surface area contributed by atoms with E-state index in [1.807, 2.05) is 56.6 Å². The molecule has 5 nitrogen and oxygen atoms in total. The molecule has 0 aliphatic rings. The number of nitrogens with zero attached hydrogens (tertiary/aromatic N) is 2. The van der Waals surface area contributed by atoms with Crippen LogP contribution in [0, 0.1) is 0 Å². The van der Waals surface area contributed by atoms with E-state index in [1.54, 1.807) is 11.3 Å². The number of likely N-dealkylation sites (N-methyl/N-ethyl adjacent to an activating group) is 1. The quantitative estimate of drug-likeness (QED) is 0.662. The van der Waals surface area contributed by atoms with E-state index in [-0.39, 0.29) is 18.6 Å². The molecule has 1 aromatic heterocycles. The van der Waals surface area contributed by atoms with Crippen molar-refractivity contribution in [1.82, 2.24) is 15.2 Å². The molecule has 1 heterocycles. The second-order valence-electron chi connectivity index (χ2n) is 6.26. The molecule has 0 saturated heterocycles. The topological polar surface area (TPSA) is 54.5 Å². The predicted molar refractivity (Wildman–Crippen MR) is 105 cm³/mol. The summed E-state index contributed by atoms with van der Waals surface area (Å²) >= 11 is 1.59. The maximum atomic E-state index is 12.1. The standard InChI is InChI=1S/C20H23N3O2S/c1-23(2)17(15-8-4-3-5-9-15)12-21-19(24)13-25-14-20-22-16-10-6-7-11-18(16)26-20/h3-11,17H,12-14H2,1-2H3,(H,21,24). The summed E-state index contributed by atoms with van der Waals surface area (Å²) in [5.41, 5.74) is 2.14. The highest BCUT2D eigenvalue weighted by Gasteiger charge is 2.15. The molecule has 3 aromatic rings. The SMILES string of the molecule is CN(C)C(CNC(=O)COCc1nc2ccccc2s1)c1ccccc1. The van der Waals surface area contributed by atoms with Crippen LogP contribution in [0.1, 0.15) is 16.6 Å². The first kappa shape index (κ1) is 18.5. The van der Waals surface area contributed by atoms with Crippen LogP contribution >= 0.6 is 11.3 Å². The lowest BCUT2D eigenvalue weighted by atomic mass is 10.1. The summed E-state index contributed by atoms with van der Waals surface area (Å²) in [6.45, 7) is 0.924. The zero-order chi connectivity index (χ0) is 18.4. The maximum Gasteiger partial charge on any atom is 0.246 e. The van der Waals surface area contributed by atoms with Crippen LogP contribution in [0.5, 0.6) is 0 Å². The highest BCUT2D eigenvalue weighted by molar-refractivity contribution is 7.18. The Labute approximate surface area is 157 Å². The molecule has 0 aliphatic heterocycles. The molecular formula is C20H23N3O2S. The van der Waals surface area contributed by atoms with E-state index in [1.165, 1.54) is 5.56 Å². The number of thiazole rings is 1. The zero-order valence-corrected chi connectivity index (χ0v) is 15.8. The van der Waals surface area contributed by atoms with Gasteiger partial charge in [-0.2, -0.15) is 0 Å². The van der Waals surface area contributed by atoms with Crippen molar-refractivity contribution in [1.29, 1.82) is 0 Å². The van der Waals surface area contributed by atoms with Crippen molar-refractivity contribution >= 4 is 27.5 Å². The Balaban J connectivity index is 1.46. The van der Waals surface area contributed by atoms with Crippen molar-refractivity contribution in [2.75, 3.05) is 27.2 Å². The zero-order valence-electron chi connectivity index (χ0n) is 15.0. The van der Waals surface area contributed by atoms with E-state index in [9.17, 15) is 4.79 Å². The van der Waals surface area contributed by atoms with Crippen LogP contribution in [0.2, 0.25) is 0 Å². The van der Waals surface area contributed by atoms with Gasteiger partial charge in [0.05, 0.1) is 22.9 Å². The fourth-order valence-corrected chi connectivity index (χ4v) is 3.65. The van der Waals surface area contributed by atoms with Gasteiger partial charge in [-0.25, -0.2) is 4.98 Å². The molecule has 0 saturated carbocycles. The lowest BCUT2D eigenvalue weighted by Crippen LogP contribution is -2.36. The highest BCUT2D eigenvalue weighted by Crippen LogP contribution is 2.22. The van der Waals surface area contributed by atoms with Gasteiger partial charge in [-0.15, -0.1) is 11.3 Å². The molecule has 6 heteroatoms. The van der Waals surface area contributed by atoms with Crippen molar-refractivity contribution in [3.8, 4) is 0 Å². The van der Waals surface area contributed by atoms with E-state index in [4.69, 9.17) is 4.74 Å². The number of fused-ring (bicyclic) bond motifs is 1. The van der Waals surface area contributed by atoms with Gasteiger partial charge in [0.15, 0.2) is 0 Å². The van der Waals surface area contributed by atoms with Crippen molar-refractivity contribution in [2.45, 2.75) is 12.6 Å². The average molecular weight is 369 g/mol. The average Bonchev–Trinajstić information content (AvgIpc) is 3.05. The molecule has 0 spiro atoms. The van der Waals surface area contributed by atoms with Gasteiger partial charge in [0, 0.05) is 6.54 Å². The number of hydrogen-bond donors (Lipinski definition) is 1. The molecule has 3 rings (SSSR count). The van der Waals surface area contributed by atoms with Crippen LogP contribution in [-0.2, 0) is 16.1 Å². The van der Waals surface area contributed by atoms with Gasteiger partial charge in [0.25, 0.3) is 0 Å². The molecular weight excluding hydrogens is 346 g/mol. The number of rotatable bonds is 8. The minimum Gasteiger partial charge on any atom is -0.364 e. The fraction of sp³-hybridized carbons (Fsp3) is 0.300. The number of hydrogen-bond acceptors (Lipinski definition) is 5. The van der Waals surface area contributed by atoms with Crippen molar-refractivity contribution in [2.24, 2.45) is 0 Å². The smallest absolute Gasteiger partial charge is 0.246 e. The molecule has 1 amide bonds. The first-order valence-electron chi connectivity index (χ1n) is 8.54. The molecule has 0 bridgehead atoms. The van der Waals surface area contributed by atoms with Gasteiger partial charge in [-0.3, -0.25) is 4.79 Å². The largest absolute Gasteiger partial charge is 0.364 e. The van der Waals surface area contributed by atoms with Gasteiger partial charge < -0.3 is 15.0 Å². The Morgan fingerprint density at radius 3 is 2.62 bits per heavy atom. The summed E-state index contributed by atoms with van der Waals surface area (Å²) in [6.07, 6.45) is 0. The number of para-hydroxylation sites is 1. The summed E-state index contributed by atoms with van der Waals surface area (Å²) in [5.74, 6) is -0.117. The number of benzene rings is 2. The number of ether oxygens (including phenoxy) is 1. The minimum absolute atomic E-state index is 0.0326. The Kier molecular flexibility index (Phi) is 6.33. The Bertz CT molecular complexity index is 815. The van der Waals surface area contributed by atoms with Crippen molar-refractivity contribution in [3.05, 3.63) is 65.2 Å². The summed E-state index contributed by atoms with van der Waals surface area (Å²) in [6, 6.07) is 18.3. The van der Waals surface area contributed by atoms with Gasteiger partial charge in [-0.1, -0.05) is 42.5 Å². The second-order valence-corrected chi connectivity index (χ2v) is 7.38. The van der Waals surface area contributed by atoms with E-state index in [0.29, 0.717) is 13.2 Å². The summed E-state index contributed by atoms with van der Waals surface area (Å²) in [4.78, 5) is 18.7. The molecule has 0 fully saturated rings. The first-order chi connectivity index (χ1) is 12.6. The molecule has 1 atom stereocenters. The number of aromatic nitrogens is 1. The maximum absolute atomic E-state index is 12.1. The molecule has 136 valence electrons. The van der Waals surface area contributed by atoms with Crippen LogP contribution in [-0.4, -0.2) is 43.0 Å². The number of carbonyl (C=O) groups excluding carboxylic acids is 1. The summed E-state index contributed by atoms with van der Waals surface area (Å²) in [7, 11) is 4.01. The van der Waals surface area contributed by atoms with Crippen LogP contribution in [0.15, 0.2) is 54.6 Å². The van der Waals surface area contributed by atoms with E-state index >= 15 is 0 Å². The molecule has 2 aromatic carbocycles. The molecule has 26 heavy (non-hydrogen) atoms. The third-order valence-electron chi connectivity index (χ3n) is 4.10. The van der Waals surface area contributed by atoms with Gasteiger partial charge >= 0.3 is 0 Å².